The number of hydrogen-bond acceptors (Lipinski definition) is 5. The molecule has 2 heterocycles. The van der Waals surface area contributed by atoms with Crippen molar-refractivity contribution >= 4 is 15.7 Å². The summed E-state index contributed by atoms with van der Waals surface area (Å²) in [7, 11) is -3.70. The quantitative estimate of drug-likeness (QED) is 0.472. The molecule has 0 bridgehead atoms. The molecule has 0 saturated heterocycles. The molecular weight excluding hydrogens is 412 g/mol. The molecule has 2 aromatic heterocycles. The molecule has 0 atom stereocenters. The van der Waals surface area contributed by atoms with Crippen molar-refractivity contribution < 1.29 is 13.2 Å². The van der Waals surface area contributed by atoms with Gasteiger partial charge in [-0.25, -0.2) is 18.4 Å². The Hall–Kier alpha value is -3.65. The average molecular weight is 435 g/mol. The summed E-state index contributed by atoms with van der Waals surface area (Å²) in [5.41, 5.74) is 3.14. The third kappa shape index (κ3) is 4.59. The van der Waals surface area contributed by atoms with E-state index in [-0.39, 0.29) is 4.90 Å². The number of anilines is 1. The Kier molecular flexibility index (Phi) is 5.48. The Morgan fingerprint density at radius 1 is 0.871 bits per heavy atom. The molecule has 0 amide bonds. The Bertz CT molecular complexity index is 1320. The van der Waals surface area contributed by atoms with Crippen LogP contribution in [0, 0.1) is 20.8 Å². The topological polar surface area (TPSA) is 86.1 Å². The van der Waals surface area contributed by atoms with Crippen molar-refractivity contribution in [1.29, 1.82) is 0 Å². The first-order chi connectivity index (χ1) is 14.8. The third-order valence-electron chi connectivity index (χ3n) is 4.91. The molecule has 0 aliphatic rings. The molecule has 0 aliphatic heterocycles. The first-order valence-corrected chi connectivity index (χ1v) is 11.1. The largest absolute Gasteiger partial charge is 0.439 e. The van der Waals surface area contributed by atoms with Crippen molar-refractivity contribution in [3.05, 3.63) is 90.0 Å². The summed E-state index contributed by atoms with van der Waals surface area (Å²) in [6.45, 7) is 5.65. The summed E-state index contributed by atoms with van der Waals surface area (Å²) in [5.74, 6) is 1.60. The van der Waals surface area contributed by atoms with E-state index in [1.165, 1.54) is 6.33 Å². The Morgan fingerprint density at radius 2 is 1.55 bits per heavy atom. The number of nitrogens with one attached hydrogen (secondary N) is 1. The van der Waals surface area contributed by atoms with Gasteiger partial charge in [-0.15, -0.1) is 0 Å². The number of aromatic nitrogens is 3. The van der Waals surface area contributed by atoms with Crippen molar-refractivity contribution in [2.45, 2.75) is 25.7 Å². The highest BCUT2D eigenvalue weighted by Gasteiger charge is 2.18. The Balaban J connectivity index is 1.50. The van der Waals surface area contributed by atoms with Crippen LogP contribution in [0.5, 0.6) is 11.6 Å². The van der Waals surface area contributed by atoms with Crippen LogP contribution in [0.3, 0.4) is 0 Å². The number of aryl methyl sites for hydroxylation is 3. The second-order valence-corrected chi connectivity index (χ2v) is 8.89. The molecule has 4 aromatic rings. The zero-order chi connectivity index (χ0) is 22.0. The second kappa shape index (κ2) is 8.23. The Labute approximate surface area is 181 Å². The highest BCUT2D eigenvalue weighted by atomic mass is 32.2. The maximum atomic E-state index is 12.9. The van der Waals surface area contributed by atoms with Crippen LogP contribution in [0.25, 0.3) is 5.82 Å². The van der Waals surface area contributed by atoms with Gasteiger partial charge in [-0.1, -0.05) is 6.07 Å². The van der Waals surface area contributed by atoms with Gasteiger partial charge in [0.1, 0.15) is 17.9 Å². The molecule has 0 fully saturated rings. The smallest absolute Gasteiger partial charge is 0.262 e. The van der Waals surface area contributed by atoms with Crippen LogP contribution in [-0.4, -0.2) is 23.0 Å². The minimum Gasteiger partial charge on any atom is -0.439 e. The molecule has 31 heavy (non-hydrogen) atoms. The van der Waals surface area contributed by atoms with Gasteiger partial charge in [-0.05, 0) is 79.9 Å². The van der Waals surface area contributed by atoms with E-state index >= 15 is 0 Å². The zero-order valence-electron chi connectivity index (χ0n) is 17.4. The molecular formula is C23H22N4O3S. The van der Waals surface area contributed by atoms with Gasteiger partial charge in [0.25, 0.3) is 10.0 Å². The lowest BCUT2D eigenvalue weighted by molar-refractivity contribution is 0.461. The second-order valence-electron chi connectivity index (χ2n) is 7.24. The predicted octanol–water partition coefficient (Wildman–Crippen LogP) is 4.79. The Morgan fingerprint density at radius 3 is 2.26 bits per heavy atom. The highest BCUT2D eigenvalue weighted by Crippen LogP contribution is 2.26. The molecule has 7 nitrogen and oxygen atoms in total. The fourth-order valence-electron chi connectivity index (χ4n) is 3.16. The zero-order valence-corrected chi connectivity index (χ0v) is 18.2. The fourth-order valence-corrected chi connectivity index (χ4v) is 4.53. The van der Waals surface area contributed by atoms with Crippen LogP contribution in [0.2, 0.25) is 0 Å². The van der Waals surface area contributed by atoms with Gasteiger partial charge in [-0.2, -0.15) is 0 Å². The van der Waals surface area contributed by atoms with Gasteiger partial charge in [0, 0.05) is 24.1 Å². The van der Waals surface area contributed by atoms with E-state index in [0.29, 0.717) is 28.7 Å². The summed E-state index contributed by atoms with van der Waals surface area (Å²) >= 11 is 0. The molecule has 158 valence electrons. The normalized spacial score (nSPS) is 11.3. The van der Waals surface area contributed by atoms with Crippen molar-refractivity contribution in [3.63, 3.8) is 0 Å². The van der Waals surface area contributed by atoms with Crippen LogP contribution in [-0.2, 0) is 10.0 Å². The van der Waals surface area contributed by atoms with E-state index in [0.717, 1.165) is 11.1 Å². The monoisotopic (exact) mass is 434 g/mol. The van der Waals surface area contributed by atoms with Crippen LogP contribution < -0.4 is 9.46 Å². The molecule has 4 rings (SSSR count). The molecule has 0 spiro atoms. The molecule has 0 saturated carbocycles. The summed E-state index contributed by atoms with van der Waals surface area (Å²) < 4.78 is 36.0. The number of nitrogens with zero attached hydrogens (tertiary/aromatic N) is 3. The van der Waals surface area contributed by atoms with E-state index < -0.39 is 10.0 Å². The number of hydrogen-bond donors (Lipinski definition) is 1. The maximum Gasteiger partial charge on any atom is 0.262 e. The lowest BCUT2D eigenvalue weighted by atomic mass is 10.1. The molecule has 8 heteroatoms. The van der Waals surface area contributed by atoms with Gasteiger partial charge in [0.2, 0.25) is 5.88 Å². The summed E-state index contributed by atoms with van der Waals surface area (Å²) in [6.07, 6.45) is 5.19. The van der Waals surface area contributed by atoms with Crippen molar-refractivity contribution in [2.24, 2.45) is 0 Å². The van der Waals surface area contributed by atoms with Crippen LogP contribution >= 0.6 is 0 Å². The van der Waals surface area contributed by atoms with Crippen molar-refractivity contribution in [1.82, 2.24) is 14.5 Å². The number of rotatable bonds is 6. The SMILES string of the molecule is Cc1cc(C)c(S(=O)(=O)Nc2ccc(Oc3cc(-n4cccc4)ncn3)cc2)cc1C. The van der Waals surface area contributed by atoms with E-state index in [9.17, 15) is 8.42 Å². The van der Waals surface area contributed by atoms with Crippen LogP contribution in [0.4, 0.5) is 5.69 Å². The summed E-state index contributed by atoms with van der Waals surface area (Å²) in [6, 6.07) is 15.8. The van der Waals surface area contributed by atoms with Gasteiger partial charge in [-0.3, -0.25) is 4.72 Å². The number of benzene rings is 2. The van der Waals surface area contributed by atoms with E-state index in [4.69, 9.17) is 4.74 Å². The standard InChI is InChI=1S/C23H22N4O3S/c1-16-12-18(3)21(13-17(16)2)31(28,29)26-19-6-8-20(9-7-19)30-23-14-22(24-15-25-23)27-10-4-5-11-27/h4-15,26H,1-3H3. The summed E-state index contributed by atoms with van der Waals surface area (Å²) in [5, 5.41) is 0. The molecule has 0 aliphatic carbocycles. The van der Waals surface area contributed by atoms with E-state index in [1.807, 2.05) is 49.0 Å². The van der Waals surface area contributed by atoms with E-state index in [2.05, 4.69) is 14.7 Å². The van der Waals surface area contributed by atoms with Gasteiger partial charge < -0.3 is 9.30 Å². The van der Waals surface area contributed by atoms with Crippen molar-refractivity contribution in [2.75, 3.05) is 4.72 Å². The average Bonchev–Trinajstić information content (AvgIpc) is 3.27. The van der Waals surface area contributed by atoms with Gasteiger partial charge in [0.15, 0.2) is 0 Å². The first kappa shape index (κ1) is 20.6. The van der Waals surface area contributed by atoms with Gasteiger partial charge >= 0.3 is 0 Å². The molecule has 0 unspecified atom stereocenters. The number of sulfonamides is 1. The fraction of sp³-hybridized carbons (Fsp3) is 0.130. The molecule has 1 N–H and O–H groups in total. The highest BCUT2D eigenvalue weighted by molar-refractivity contribution is 7.92. The first-order valence-electron chi connectivity index (χ1n) is 9.66. The summed E-state index contributed by atoms with van der Waals surface area (Å²) in [4.78, 5) is 8.63. The lowest BCUT2D eigenvalue weighted by Gasteiger charge is -2.13. The van der Waals surface area contributed by atoms with Crippen LogP contribution in [0.15, 0.2) is 78.2 Å². The van der Waals surface area contributed by atoms with Crippen LogP contribution in [0.1, 0.15) is 16.7 Å². The minimum absolute atomic E-state index is 0.273. The van der Waals surface area contributed by atoms with Gasteiger partial charge in [0.05, 0.1) is 4.90 Å². The minimum atomic E-state index is -3.70. The molecule has 0 radical (unpaired) electrons. The third-order valence-corrected chi connectivity index (χ3v) is 6.43. The van der Waals surface area contributed by atoms with E-state index in [1.54, 1.807) is 43.3 Å². The van der Waals surface area contributed by atoms with Crippen molar-refractivity contribution in [3.8, 4) is 17.4 Å². The predicted molar refractivity (Wildman–Crippen MR) is 119 cm³/mol. The molecule has 2 aromatic carbocycles. The maximum absolute atomic E-state index is 12.9. The lowest BCUT2D eigenvalue weighted by Crippen LogP contribution is -2.14. The number of ether oxygens (including phenoxy) is 1.